The van der Waals surface area contributed by atoms with Crippen LogP contribution in [-0.4, -0.2) is 4.98 Å². The Hall–Kier alpha value is -2.26. The topological polar surface area (TPSA) is 48.1 Å². The van der Waals surface area contributed by atoms with E-state index in [9.17, 15) is 0 Å². The number of nitrogens with zero attached hydrogens (tertiary/aromatic N) is 1. The van der Waals surface area contributed by atoms with Crippen LogP contribution in [0, 0.1) is 0 Å². The van der Waals surface area contributed by atoms with E-state index in [0.29, 0.717) is 17.3 Å². The molecule has 0 unspecified atom stereocenters. The highest BCUT2D eigenvalue weighted by Gasteiger charge is 2.04. The number of anilines is 1. The van der Waals surface area contributed by atoms with Crippen LogP contribution in [0.4, 0.5) is 5.69 Å². The van der Waals surface area contributed by atoms with Crippen molar-refractivity contribution in [3.63, 3.8) is 0 Å². The molecule has 1 heterocycles. The van der Waals surface area contributed by atoms with E-state index >= 15 is 0 Å². The van der Waals surface area contributed by atoms with Gasteiger partial charge >= 0.3 is 0 Å². The number of nitrogens with two attached hydrogens (primary N) is 1. The van der Waals surface area contributed by atoms with Gasteiger partial charge in [-0.15, -0.1) is 0 Å². The zero-order chi connectivity index (χ0) is 13.9. The van der Waals surface area contributed by atoms with Crippen molar-refractivity contribution >= 4 is 28.2 Å². The Labute approximate surface area is 122 Å². The molecule has 0 spiro atoms. The zero-order valence-corrected chi connectivity index (χ0v) is 11.5. The molecular weight excluding hydrogens is 272 g/mol. The largest absolute Gasteiger partial charge is 0.488 e. The second-order valence-corrected chi connectivity index (χ2v) is 4.94. The van der Waals surface area contributed by atoms with Crippen molar-refractivity contribution in [3.05, 3.63) is 65.3 Å². The summed E-state index contributed by atoms with van der Waals surface area (Å²) in [4.78, 5) is 4.29. The number of rotatable bonds is 3. The summed E-state index contributed by atoms with van der Waals surface area (Å²) in [6.07, 6.45) is 1.72. The molecule has 100 valence electrons. The Morgan fingerprint density at radius 1 is 1.10 bits per heavy atom. The molecule has 20 heavy (non-hydrogen) atoms. The van der Waals surface area contributed by atoms with Crippen molar-refractivity contribution < 1.29 is 4.74 Å². The molecule has 0 amide bonds. The summed E-state index contributed by atoms with van der Waals surface area (Å²) in [6.45, 7) is 0.462. The van der Waals surface area contributed by atoms with Crippen molar-refractivity contribution in [1.29, 1.82) is 0 Å². The van der Waals surface area contributed by atoms with Gasteiger partial charge in [0.05, 0.1) is 5.52 Å². The molecule has 3 rings (SSSR count). The lowest BCUT2D eigenvalue weighted by Crippen LogP contribution is -1.96. The van der Waals surface area contributed by atoms with E-state index in [1.807, 2.05) is 48.5 Å². The first-order chi connectivity index (χ1) is 9.72. The number of hydrogen-bond donors (Lipinski definition) is 1. The standard InChI is InChI=1S/C16H13ClN2O/c17-12-3-1-2-11(8-12)10-20-16-6-7-19-15-9-13(18)4-5-14(15)16/h1-9H,10,18H2. The molecule has 0 atom stereocenters. The van der Waals surface area contributed by atoms with Crippen molar-refractivity contribution in [1.82, 2.24) is 4.98 Å². The van der Waals surface area contributed by atoms with Crippen LogP contribution in [0.15, 0.2) is 54.7 Å². The minimum absolute atomic E-state index is 0.462. The minimum atomic E-state index is 0.462. The highest BCUT2D eigenvalue weighted by molar-refractivity contribution is 6.30. The lowest BCUT2D eigenvalue weighted by Gasteiger charge is -2.09. The molecule has 3 aromatic rings. The monoisotopic (exact) mass is 284 g/mol. The Bertz CT molecular complexity index is 758. The summed E-state index contributed by atoms with van der Waals surface area (Å²) in [5.41, 5.74) is 8.31. The molecule has 0 aliphatic rings. The van der Waals surface area contributed by atoms with Gasteiger partial charge in [-0.1, -0.05) is 23.7 Å². The zero-order valence-electron chi connectivity index (χ0n) is 10.7. The van der Waals surface area contributed by atoms with E-state index in [4.69, 9.17) is 22.1 Å². The molecule has 0 fully saturated rings. The summed E-state index contributed by atoms with van der Waals surface area (Å²) < 4.78 is 5.86. The number of aromatic nitrogens is 1. The van der Waals surface area contributed by atoms with Crippen LogP contribution < -0.4 is 10.5 Å². The van der Waals surface area contributed by atoms with Gasteiger partial charge in [0.25, 0.3) is 0 Å². The quantitative estimate of drug-likeness (QED) is 0.738. The molecule has 3 nitrogen and oxygen atoms in total. The van der Waals surface area contributed by atoms with E-state index < -0.39 is 0 Å². The highest BCUT2D eigenvalue weighted by Crippen LogP contribution is 2.26. The maximum atomic E-state index is 5.96. The van der Waals surface area contributed by atoms with E-state index in [-0.39, 0.29) is 0 Å². The van der Waals surface area contributed by atoms with Crippen LogP contribution >= 0.6 is 11.6 Å². The van der Waals surface area contributed by atoms with Gasteiger partial charge in [-0.2, -0.15) is 0 Å². The molecule has 0 saturated carbocycles. The van der Waals surface area contributed by atoms with E-state index in [1.165, 1.54) is 0 Å². The summed E-state index contributed by atoms with van der Waals surface area (Å²) in [5.74, 6) is 0.787. The van der Waals surface area contributed by atoms with Gasteiger partial charge in [-0.05, 0) is 42.0 Å². The number of benzene rings is 2. The number of ether oxygens (including phenoxy) is 1. The summed E-state index contributed by atoms with van der Waals surface area (Å²) in [5, 5.41) is 1.65. The molecule has 0 saturated heterocycles. The van der Waals surface area contributed by atoms with Gasteiger partial charge in [0.15, 0.2) is 0 Å². The third-order valence-electron chi connectivity index (χ3n) is 3.01. The maximum Gasteiger partial charge on any atom is 0.130 e. The SMILES string of the molecule is Nc1ccc2c(OCc3cccc(Cl)c3)ccnc2c1. The number of nitrogen functional groups attached to an aromatic ring is 1. The number of pyridine rings is 1. The molecule has 0 bridgehead atoms. The third kappa shape index (κ3) is 2.68. The van der Waals surface area contributed by atoms with E-state index in [0.717, 1.165) is 22.2 Å². The van der Waals surface area contributed by atoms with Gasteiger partial charge < -0.3 is 10.5 Å². The first-order valence-electron chi connectivity index (χ1n) is 6.24. The van der Waals surface area contributed by atoms with Crippen LogP contribution in [0.1, 0.15) is 5.56 Å². The van der Waals surface area contributed by atoms with Crippen molar-refractivity contribution in [3.8, 4) is 5.75 Å². The third-order valence-corrected chi connectivity index (χ3v) is 3.25. The fraction of sp³-hybridized carbons (Fsp3) is 0.0625. The second kappa shape index (κ2) is 5.39. The smallest absolute Gasteiger partial charge is 0.130 e. The summed E-state index contributed by atoms with van der Waals surface area (Å²) in [7, 11) is 0. The van der Waals surface area contributed by atoms with Gasteiger partial charge in [-0.25, -0.2) is 0 Å². The summed E-state index contributed by atoms with van der Waals surface area (Å²) >= 11 is 5.96. The molecule has 2 N–H and O–H groups in total. The van der Waals surface area contributed by atoms with Gasteiger partial charge in [-0.3, -0.25) is 4.98 Å². The van der Waals surface area contributed by atoms with Gasteiger partial charge in [0.2, 0.25) is 0 Å². The van der Waals surface area contributed by atoms with Crippen LogP contribution in [0.5, 0.6) is 5.75 Å². The molecule has 0 aliphatic heterocycles. The maximum absolute atomic E-state index is 5.96. The van der Waals surface area contributed by atoms with Crippen molar-refractivity contribution in [2.45, 2.75) is 6.61 Å². The van der Waals surface area contributed by atoms with Crippen LogP contribution in [0.3, 0.4) is 0 Å². The molecule has 4 heteroatoms. The first kappa shape index (κ1) is 12.8. The number of fused-ring (bicyclic) bond motifs is 1. The molecule has 0 aliphatic carbocycles. The Morgan fingerprint density at radius 3 is 2.85 bits per heavy atom. The van der Waals surface area contributed by atoms with Crippen molar-refractivity contribution in [2.75, 3.05) is 5.73 Å². The average Bonchev–Trinajstić information content (AvgIpc) is 2.44. The molecule has 1 aromatic heterocycles. The van der Waals surface area contributed by atoms with Gasteiger partial charge in [0.1, 0.15) is 12.4 Å². The lowest BCUT2D eigenvalue weighted by atomic mass is 10.2. The van der Waals surface area contributed by atoms with Crippen LogP contribution in [0.25, 0.3) is 10.9 Å². The fourth-order valence-corrected chi connectivity index (χ4v) is 2.27. The van der Waals surface area contributed by atoms with E-state index in [2.05, 4.69) is 4.98 Å². The van der Waals surface area contributed by atoms with E-state index in [1.54, 1.807) is 6.20 Å². The number of hydrogen-bond acceptors (Lipinski definition) is 3. The van der Waals surface area contributed by atoms with Crippen molar-refractivity contribution in [2.24, 2.45) is 0 Å². The summed E-state index contributed by atoms with van der Waals surface area (Å²) in [6, 6.07) is 15.1. The Balaban J connectivity index is 1.87. The normalized spacial score (nSPS) is 10.7. The Morgan fingerprint density at radius 2 is 2.00 bits per heavy atom. The molecule has 2 aromatic carbocycles. The van der Waals surface area contributed by atoms with Gasteiger partial charge in [0, 0.05) is 22.3 Å². The Kier molecular flexibility index (Phi) is 3.44. The molecule has 0 radical (unpaired) electrons. The predicted molar refractivity (Wildman–Crippen MR) is 81.9 cm³/mol. The second-order valence-electron chi connectivity index (χ2n) is 4.50. The minimum Gasteiger partial charge on any atom is -0.488 e. The molecular formula is C16H13ClN2O. The highest BCUT2D eigenvalue weighted by atomic mass is 35.5. The van der Waals surface area contributed by atoms with Crippen LogP contribution in [0.2, 0.25) is 5.02 Å². The predicted octanol–water partition coefficient (Wildman–Crippen LogP) is 4.05. The fourth-order valence-electron chi connectivity index (χ4n) is 2.05. The first-order valence-corrected chi connectivity index (χ1v) is 6.62. The van der Waals surface area contributed by atoms with Crippen LogP contribution in [-0.2, 0) is 6.61 Å². The number of halogens is 1. The lowest BCUT2D eigenvalue weighted by molar-refractivity contribution is 0.310. The average molecular weight is 285 g/mol.